The normalized spacial score (nSPS) is 18.4. The van der Waals surface area contributed by atoms with Gasteiger partial charge < -0.3 is 15.5 Å². The molecule has 2 rings (SSSR count). The molecular formula is C14H17F2N3O2. The van der Waals surface area contributed by atoms with Crippen LogP contribution in [0.2, 0.25) is 0 Å². The van der Waals surface area contributed by atoms with E-state index in [1.807, 2.05) is 0 Å². The predicted molar refractivity (Wildman–Crippen MR) is 72.7 cm³/mol. The third-order valence-corrected chi connectivity index (χ3v) is 3.33. The summed E-state index contributed by atoms with van der Waals surface area (Å²) in [5.74, 6) is -2.99. The van der Waals surface area contributed by atoms with Gasteiger partial charge in [-0.15, -0.1) is 0 Å². The fourth-order valence-electron chi connectivity index (χ4n) is 2.32. The highest BCUT2D eigenvalue weighted by molar-refractivity contribution is 5.98. The minimum Gasteiger partial charge on any atom is -0.355 e. The minimum atomic E-state index is -0.923. The molecule has 114 valence electrons. The molecule has 0 aromatic heterocycles. The van der Waals surface area contributed by atoms with Gasteiger partial charge in [-0.1, -0.05) is 6.07 Å². The topological polar surface area (TPSA) is 61.4 Å². The first kappa shape index (κ1) is 15.4. The van der Waals surface area contributed by atoms with Gasteiger partial charge in [0.25, 0.3) is 5.91 Å². The molecule has 2 N–H and O–H groups in total. The van der Waals surface area contributed by atoms with Crippen LogP contribution in [0.3, 0.4) is 0 Å². The zero-order valence-corrected chi connectivity index (χ0v) is 11.7. The second kappa shape index (κ2) is 6.62. The average molecular weight is 297 g/mol. The molecule has 1 aromatic carbocycles. The maximum Gasteiger partial charge on any atom is 0.260 e. The number of hydrogen-bond acceptors (Lipinski definition) is 3. The Balaban J connectivity index is 2.29. The summed E-state index contributed by atoms with van der Waals surface area (Å²) in [6.45, 7) is 3.13. The Morgan fingerprint density at radius 2 is 2.05 bits per heavy atom. The van der Waals surface area contributed by atoms with Crippen LogP contribution in [0.5, 0.6) is 0 Å². The van der Waals surface area contributed by atoms with E-state index in [0.717, 1.165) is 12.1 Å². The first-order chi connectivity index (χ1) is 10.1. The van der Waals surface area contributed by atoms with Crippen LogP contribution in [0.1, 0.15) is 17.3 Å². The van der Waals surface area contributed by atoms with Gasteiger partial charge in [0, 0.05) is 26.2 Å². The molecule has 1 aliphatic heterocycles. The molecule has 0 saturated carbocycles. The van der Waals surface area contributed by atoms with E-state index in [1.165, 1.54) is 11.0 Å². The Morgan fingerprint density at radius 3 is 2.67 bits per heavy atom. The van der Waals surface area contributed by atoms with E-state index >= 15 is 0 Å². The van der Waals surface area contributed by atoms with Crippen molar-refractivity contribution < 1.29 is 18.4 Å². The predicted octanol–water partition coefficient (Wildman–Crippen LogP) is 0.515. The zero-order valence-electron chi connectivity index (χ0n) is 11.7. The zero-order chi connectivity index (χ0) is 15.4. The Hall–Kier alpha value is -2.02. The summed E-state index contributed by atoms with van der Waals surface area (Å²) in [5, 5.41) is 5.62. The summed E-state index contributed by atoms with van der Waals surface area (Å²) in [5.41, 5.74) is -0.617. The van der Waals surface area contributed by atoms with Crippen LogP contribution in [0, 0.1) is 11.6 Å². The van der Waals surface area contributed by atoms with Crippen molar-refractivity contribution in [3.63, 3.8) is 0 Å². The number of benzene rings is 1. The van der Waals surface area contributed by atoms with Crippen molar-refractivity contribution in [3.05, 3.63) is 35.4 Å². The van der Waals surface area contributed by atoms with Crippen molar-refractivity contribution >= 4 is 11.8 Å². The smallest absolute Gasteiger partial charge is 0.260 e. The third-order valence-electron chi connectivity index (χ3n) is 3.33. The summed E-state index contributed by atoms with van der Waals surface area (Å²) in [6.07, 6.45) is 0. The van der Waals surface area contributed by atoms with E-state index in [2.05, 4.69) is 10.6 Å². The van der Waals surface area contributed by atoms with E-state index in [-0.39, 0.29) is 19.0 Å². The van der Waals surface area contributed by atoms with Crippen LogP contribution < -0.4 is 10.6 Å². The highest BCUT2D eigenvalue weighted by atomic mass is 19.1. The van der Waals surface area contributed by atoms with Crippen molar-refractivity contribution in [2.45, 2.75) is 13.0 Å². The van der Waals surface area contributed by atoms with Crippen LogP contribution in [-0.4, -0.2) is 48.9 Å². The number of rotatable bonds is 3. The van der Waals surface area contributed by atoms with E-state index in [4.69, 9.17) is 0 Å². The Kier molecular flexibility index (Phi) is 4.85. The number of halogens is 2. The molecule has 0 spiro atoms. The first-order valence-corrected chi connectivity index (χ1v) is 6.79. The minimum absolute atomic E-state index is 0.217. The maximum atomic E-state index is 13.7. The van der Waals surface area contributed by atoms with Gasteiger partial charge in [0.05, 0.1) is 0 Å². The van der Waals surface area contributed by atoms with E-state index in [1.54, 1.807) is 6.92 Å². The second-order valence-corrected chi connectivity index (χ2v) is 4.71. The quantitative estimate of drug-likeness (QED) is 0.855. The molecule has 1 fully saturated rings. The summed E-state index contributed by atoms with van der Waals surface area (Å²) >= 11 is 0. The number of piperazine rings is 1. The fraction of sp³-hybridized carbons (Fsp3) is 0.429. The highest BCUT2D eigenvalue weighted by Crippen LogP contribution is 2.17. The summed E-state index contributed by atoms with van der Waals surface area (Å²) in [6, 6.07) is 2.48. The van der Waals surface area contributed by atoms with Crippen molar-refractivity contribution in [3.8, 4) is 0 Å². The van der Waals surface area contributed by atoms with Gasteiger partial charge in [0.15, 0.2) is 0 Å². The van der Waals surface area contributed by atoms with Gasteiger partial charge in [-0.25, -0.2) is 8.78 Å². The number of carbonyl (C=O) groups is 2. The average Bonchev–Trinajstić information content (AvgIpc) is 2.47. The second-order valence-electron chi connectivity index (χ2n) is 4.71. The molecule has 1 heterocycles. The Bertz CT molecular complexity index is 531. The van der Waals surface area contributed by atoms with Gasteiger partial charge in [-0.3, -0.25) is 9.59 Å². The number of hydrogen-bond donors (Lipinski definition) is 2. The Labute approximate surface area is 121 Å². The van der Waals surface area contributed by atoms with Gasteiger partial charge in [0.2, 0.25) is 5.91 Å². The number of nitrogens with zero attached hydrogens (tertiary/aromatic N) is 1. The van der Waals surface area contributed by atoms with Crippen LogP contribution in [0.25, 0.3) is 0 Å². The van der Waals surface area contributed by atoms with E-state index < -0.39 is 29.1 Å². The lowest BCUT2D eigenvalue weighted by atomic mass is 10.1. The van der Waals surface area contributed by atoms with Crippen LogP contribution in [0.15, 0.2) is 18.2 Å². The molecule has 2 amide bonds. The third kappa shape index (κ3) is 3.18. The SMILES string of the molecule is CCNC(=O)C1CNCCN1C(=O)c1c(F)cccc1F. The molecule has 1 aromatic rings. The summed E-state index contributed by atoms with van der Waals surface area (Å²) in [7, 11) is 0. The fourth-order valence-corrected chi connectivity index (χ4v) is 2.32. The van der Waals surface area contributed by atoms with Crippen LogP contribution in [0.4, 0.5) is 8.78 Å². The number of nitrogens with one attached hydrogen (secondary N) is 2. The lowest BCUT2D eigenvalue weighted by Gasteiger charge is -2.35. The molecule has 1 saturated heterocycles. The summed E-state index contributed by atoms with van der Waals surface area (Å²) in [4.78, 5) is 25.6. The number of amides is 2. The Morgan fingerprint density at radius 1 is 1.38 bits per heavy atom. The van der Waals surface area contributed by atoms with E-state index in [9.17, 15) is 18.4 Å². The van der Waals surface area contributed by atoms with Crippen molar-refractivity contribution in [2.75, 3.05) is 26.2 Å². The number of carbonyl (C=O) groups excluding carboxylic acids is 2. The van der Waals surface area contributed by atoms with Gasteiger partial charge in [-0.2, -0.15) is 0 Å². The van der Waals surface area contributed by atoms with Crippen molar-refractivity contribution in [2.24, 2.45) is 0 Å². The highest BCUT2D eigenvalue weighted by Gasteiger charge is 2.34. The van der Waals surface area contributed by atoms with Gasteiger partial charge >= 0.3 is 0 Å². The van der Waals surface area contributed by atoms with Crippen molar-refractivity contribution in [1.29, 1.82) is 0 Å². The number of likely N-dealkylation sites (N-methyl/N-ethyl adjacent to an activating group) is 1. The molecule has 7 heteroatoms. The van der Waals surface area contributed by atoms with Crippen LogP contribution in [-0.2, 0) is 4.79 Å². The maximum absolute atomic E-state index is 13.7. The molecule has 0 bridgehead atoms. The monoisotopic (exact) mass is 297 g/mol. The molecule has 0 aliphatic carbocycles. The molecule has 1 aliphatic rings. The van der Waals surface area contributed by atoms with Gasteiger partial charge in [-0.05, 0) is 19.1 Å². The lowest BCUT2D eigenvalue weighted by Crippen LogP contribution is -2.59. The molecule has 1 atom stereocenters. The largest absolute Gasteiger partial charge is 0.355 e. The molecule has 5 nitrogen and oxygen atoms in total. The van der Waals surface area contributed by atoms with Crippen molar-refractivity contribution in [1.82, 2.24) is 15.5 Å². The van der Waals surface area contributed by atoms with Gasteiger partial charge in [0.1, 0.15) is 23.2 Å². The lowest BCUT2D eigenvalue weighted by molar-refractivity contribution is -0.126. The van der Waals surface area contributed by atoms with Crippen LogP contribution >= 0.6 is 0 Å². The standard InChI is InChI=1S/C14H17F2N3O2/c1-2-18-13(20)11-8-17-6-7-19(11)14(21)12-9(15)4-3-5-10(12)16/h3-5,11,17H,2,6-8H2,1H3,(H,18,20). The molecular weight excluding hydrogens is 280 g/mol. The van der Waals surface area contributed by atoms with E-state index in [0.29, 0.717) is 13.1 Å². The molecule has 1 unspecified atom stereocenters. The first-order valence-electron chi connectivity index (χ1n) is 6.79. The molecule has 0 radical (unpaired) electrons. The molecule has 21 heavy (non-hydrogen) atoms. The summed E-state index contributed by atoms with van der Waals surface area (Å²) < 4.78 is 27.5.